The van der Waals surface area contributed by atoms with Gasteiger partial charge < -0.3 is 9.47 Å². The maximum atomic E-state index is 10.5. The maximum absolute atomic E-state index is 10.5. The van der Waals surface area contributed by atoms with Gasteiger partial charge in [0, 0.05) is 5.56 Å². The molecule has 0 N–H and O–H groups in total. The molecule has 1 aliphatic heterocycles. The quantitative estimate of drug-likeness (QED) is 0.639. The van der Waals surface area contributed by atoms with E-state index < -0.39 is 0 Å². The molecule has 14 heavy (non-hydrogen) atoms. The number of ether oxygens (including phenoxy) is 2. The van der Waals surface area contributed by atoms with E-state index in [0.717, 1.165) is 31.5 Å². The van der Waals surface area contributed by atoms with Crippen molar-refractivity contribution in [2.45, 2.75) is 12.8 Å². The second-order valence-corrected chi connectivity index (χ2v) is 3.23. The van der Waals surface area contributed by atoms with Gasteiger partial charge in [-0.15, -0.1) is 0 Å². The van der Waals surface area contributed by atoms with Gasteiger partial charge in [-0.1, -0.05) is 0 Å². The van der Waals surface area contributed by atoms with Crippen molar-refractivity contribution in [3.05, 3.63) is 23.8 Å². The molecule has 0 bridgehead atoms. The normalized spacial score (nSPS) is 15.4. The molecule has 0 aliphatic carbocycles. The number of rotatable bonds is 1. The number of benzene rings is 1. The van der Waals surface area contributed by atoms with E-state index >= 15 is 0 Å². The van der Waals surface area contributed by atoms with Gasteiger partial charge in [0.2, 0.25) is 0 Å². The minimum Gasteiger partial charge on any atom is -0.490 e. The molecule has 3 nitrogen and oxygen atoms in total. The summed E-state index contributed by atoms with van der Waals surface area (Å²) < 4.78 is 11.0. The Morgan fingerprint density at radius 1 is 1.07 bits per heavy atom. The molecule has 3 heteroatoms. The average molecular weight is 192 g/mol. The van der Waals surface area contributed by atoms with Crippen molar-refractivity contribution in [1.29, 1.82) is 0 Å². The van der Waals surface area contributed by atoms with E-state index in [-0.39, 0.29) is 0 Å². The van der Waals surface area contributed by atoms with Crippen LogP contribution >= 0.6 is 0 Å². The molecule has 0 aromatic heterocycles. The molecule has 0 spiro atoms. The van der Waals surface area contributed by atoms with Crippen LogP contribution < -0.4 is 9.47 Å². The molecule has 74 valence electrons. The minimum atomic E-state index is 0.618. The van der Waals surface area contributed by atoms with Crippen LogP contribution in [0.2, 0.25) is 0 Å². The van der Waals surface area contributed by atoms with Gasteiger partial charge in [0.05, 0.1) is 13.2 Å². The van der Waals surface area contributed by atoms with Crippen molar-refractivity contribution in [2.24, 2.45) is 0 Å². The van der Waals surface area contributed by atoms with Gasteiger partial charge in [-0.3, -0.25) is 4.79 Å². The topological polar surface area (TPSA) is 35.5 Å². The van der Waals surface area contributed by atoms with Crippen LogP contribution in [0.1, 0.15) is 23.2 Å². The predicted octanol–water partition coefficient (Wildman–Crippen LogP) is 2.05. The van der Waals surface area contributed by atoms with Gasteiger partial charge in [-0.05, 0) is 31.0 Å². The minimum absolute atomic E-state index is 0.618. The molecule has 0 amide bonds. The Labute approximate surface area is 82.6 Å². The van der Waals surface area contributed by atoms with Gasteiger partial charge in [-0.25, -0.2) is 0 Å². The molecule has 0 unspecified atom stereocenters. The molecule has 1 aromatic carbocycles. The van der Waals surface area contributed by atoms with Crippen LogP contribution in [0.15, 0.2) is 18.2 Å². The number of carbonyl (C=O) groups excluding carboxylic acids is 1. The van der Waals surface area contributed by atoms with Crippen molar-refractivity contribution in [1.82, 2.24) is 0 Å². The Balaban J connectivity index is 2.30. The lowest BCUT2D eigenvalue weighted by Gasteiger charge is -2.16. The molecule has 2 rings (SSSR count). The van der Waals surface area contributed by atoms with Gasteiger partial charge in [0.1, 0.15) is 6.29 Å². The fourth-order valence-corrected chi connectivity index (χ4v) is 1.40. The van der Waals surface area contributed by atoms with Crippen molar-refractivity contribution < 1.29 is 14.3 Å². The summed E-state index contributed by atoms with van der Waals surface area (Å²) in [5, 5.41) is 0. The second-order valence-electron chi connectivity index (χ2n) is 3.23. The molecule has 1 aliphatic rings. The van der Waals surface area contributed by atoms with Gasteiger partial charge in [0.25, 0.3) is 0 Å². The maximum Gasteiger partial charge on any atom is 0.161 e. The molecule has 0 saturated heterocycles. The van der Waals surface area contributed by atoms with E-state index in [0.29, 0.717) is 17.9 Å². The number of fused-ring (bicyclic) bond motifs is 1. The largest absolute Gasteiger partial charge is 0.490 e. The van der Waals surface area contributed by atoms with Crippen LogP contribution in [-0.2, 0) is 0 Å². The van der Waals surface area contributed by atoms with Crippen LogP contribution in [0, 0.1) is 0 Å². The highest BCUT2D eigenvalue weighted by atomic mass is 16.5. The molecule has 1 heterocycles. The molecule has 0 radical (unpaired) electrons. The van der Waals surface area contributed by atoms with E-state index in [4.69, 9.17) is 9.47 Å². The van der Waals surface area contributed by atoms with Crippen LogP contribution in [0.4, 0.5) is 0 Å². The first-order valence-electron chi connectivity index (χ1n) is 4.75. The zero-order valence-electron chi connectivity index (χ0n) is 7.86. The third kappa shape index (κ3) is 1.87. The summed E-state index contributed by atoms with van der Waals surface area (Å²) in [6, 6.07) is 5.23. The van der Waals surface area contributed by atoms with E-state index in [1.807, 2.05) is 0 Å². The summed E-state index contributed by atoms with van der Waals surface area (Å²) in [6.07, 6.45) is 2.81. The van der Waals surface area contributed by atoms with E-state index in [2.05, 4.69) is 0 Å². The summed E-state index contributed by atoms with van der Waals surface area (Å²) in [7, 11) is 0. The SMILES string of the molecule is O=Cc1ccc2c(c1)OCCCCO2. The zero-order chi connectivity index (χ0) is 9.80. The Kier molecular flexibility index (Phi) is 2.68. The summed E-state index contributed by atoms with van der Waals surface area (Å²) in [5.74, 6) is 1.41. The molecular formula is C11H12O3. The molecule has 0 fully saturated rings. The summed E-state index contributed by atoms with van der Waals surface area (Å²) in [5.41, 5.74) is 0.618. The highest BCUT2D eigenvalue weighted by molar-refractivity contribution is 5.76. The first-order valence-corrected chi connectivity index (χ1v) is 4.75. The van der Waals surface area contributed by atoms with Crippen LogP contribution in [0.5, 0.6) is 11.5 Å². The number of aldehydes is 1. The van der Waals surface area contributed by atoms with Crippen molar-refractivity contribution >= 4 is 6.29 Å². The number of carbonyl (C=O) groups is 1. The lowest BCUT2D eigenvalue weighted by Crippen LogP contribution is -2.08. The Morgan fingerprint density at radius 3 is 2.50 bits per heavy atom. The lowest BCUT2D eigenvalue weighted by molar-refractivity contribution is 0.112. The monoisotopic (exact) mass is 192 g/mol. The number of hydrogen-bond acceptors (Lipinski definition) is 3. The summed E-state index contributed by atoms with van der Waals surface area (Å²) in [4.78, 5) is 10.5. The lowest BCUT2D eigenvalue weighted by atomic mass is 10.2. The highest BCUT2D eigenvalue weighted by Crippen LogP contribution is 2.29. The van der Waals surface area contributed by atoms with E-state index in [1.165, 1.54) is 0 Å². The standard InChI is InChI=1S/C11H12O3/c12-8-9-3-4-10-11(7-9)14-6-2-1-5-13-10/h3-4,7-8H,1-2,5-6H2. The van der Waals surface area contributed by atoms with Gasteiger partial charge >= 0.3 is 0 Å². The fourth-order valence-electron chi connectivity index (χ4n) is 1.40. The van der Waals surface area contributed by atoms with Crippen molar-refractivity contribution in [2.75, 3.05) is 13.2 Å². The fraction of sp³-hybridized carbons (Fsp3) is 0.364. The van der Waals surface area contributed by atoms with Crippen molar-refractivity contribution in [3.8, 4) is 11.5 Å². The molecular weight excluding hydrogens is 180 g/mol. The zero-order valence-corrected chi connectivity index (χ0v) is 7.86. The molecule has 0 atom stereocenters. The summed E-state index contributed by atoms with van der Waals surface area (Å²) >= 11 is 0. The van der Waals surface area contributed by atoms with E-state index in [1.54, 1.807) is 18.2 Å². The number of hydrogen-bond donors (Lipinski definition) is 0. The van der Waals surface area contributed by atoms with Crippen LogP contribution in [0.25, 0.3) is 0 Å². The highest BCUT2D eigenvalue weighted by Gasteiger charge is 2.08. The van der Waals surface area contributed by atoms with E-state index in [9.17, 15) is 4.79 Å². The Bertz CT molecular complexity index is 333. The Morgan fingerprint density at radius 2 is 1.79 bits per heavy atom. The smallest absolute Gasteiger partial charge is 0.161 e. The molecule has 1 aromatic rings. The van der Waals surface area contributed by atoms with Crippen molar-refractivity contribution in [3.63, 3.8) is 0 Å². The van der Waals surface area contributed by atoms with Crippen LogP contribution in [0.3, 0.4) is 0 Å². The third-order valence-electron chi connectivity index (χ3n) is 2.16. The first-order chi connectivity index (χ1) is 6.90. The Hall–Kier alpha value is -1.51. The van der Waals surface area contributed by atoms with Gasteiger partial charge in [-0.2, -0.15) is 0 Å². The first kappa shape index (κ1) is 9.06. The third-order valence-corrected chi connectivity index (χ3v) is 2.16. The second kappa shape index (κ2) is 4.13. The van der Waals surface area contributed by atoms with Gasteiger partial charge in [0.15, 0.2) is 11.5 Å². The summed E-state index contributed by atoms with van der Waals surface area (Å²) in [6.45, 7) is 1.41. The molecule has 0 saturated carbocycles. The van der Waals surface area contributed by atoms with Crippen LogP contribution in [-0.4, -0.2) is 19.5 Å². The predicted molar refractivity (Wildman–Crippen MR) is 52.1 cm³/mol. The average Bonchev–Trinajstić information content (AvgIpc) is 2.18.